The van der Waals surface area contributed by atoms with E-state index >= 15 is 0 Å². The molecular weight excluding hydrogens is 502 g/mol. The van der Waals surface area contributed by atoms with Crippen molar-refractivity contribution >= 4 is 29.4 Å². The number of ketones is 1. The summed E-state index contributed by atoms with van der Waals surface area (Å²) in [4.78, 5) is 67.6. The highest BCUT2D eigenvalue weighted by atomic mass is 16.7. The number of piperidine rings is 1. The van der Waals surface area contributed by atoms with E-state index in [2.05, 4.69) is 10.8 Å². The van der Waals surface area contributed by atoms with Gasteiger partial charge in [-0.15, -0.1) is 0 Å². The van der Waals surface area contributed by atoms with E-state index in [1.807, 2.05) is 0 Å². The molecule has 4 amide bonds. The molecule has 0 radical (unpaired) electrons. The fourth-order valence-electron chi connectivity index (χ4n) is 3.95. The maximum atomic E-state index is 13.0. The topological polar surface area (TPSA) is 159 Å². The molecule has 13 nitrogen and oxygen atoms in total. The highest BCUT2D eigenvalue weighted by Gasteiger charge is 2.46. The maximum Gasteiger partial charge on any atom is 0.266 e. The van der Waals surface area contributed by atoms with Crippen LogP contribution in [-0.4, -0.2) is 100 Å². The molecule has 0 aliphatic carbocycles. The van der Waals surface area contributed by atoms with E-state index in [1.54, 1.807) is 7.05 Å². The molecule has 1 saturated heterocycles. The summed E-state index contributed by atoms with van der Waals surface area (Å²) in [5, 5.41) is 2.15. The molecule has 0 spiro atoms. The highest BCUT2D eigenvalue weighted by molar-refractivity contribution is 6.24. The minimum atomic E-state index is -1.07. The van der Waals surface area contributed by atoms with Crippen LogP contribution in [0.15, 0.2) is 18.2 Å². The lowest BCUT2D eigenvalue weighted by Crippen LogP contribution is -2.54. The van der Waals surface area contributed by atoms with Crippen molar-refractivity contribution in [2.45, 2.75) is 31.7 Å². The number of benzene rings is 1. The van der Waals surface area contributed by atoms with Gasteiger partial charge in [-0.1, -0.05) is 6.07 Å². The van der Waals surface area contributed by atoms with Gasteiger partial charge in [0.25, 0.3) is 11.8 Å². The van der Waals surface area contributed by atoms with Crippen molar-refractivity contribution in [1.29, 1.82) is 0 Å². The first-order valence-corrected chi connectivity index (χ1v) is 12.4. The molecule has 2 N–H and O–H groups in total. The Morgan fingerprint density at radius 2 is 1.66 bits per heavy atom. The Labute approximate surface area is 220 Å². The van der Waals surface area contributed by atoms with Gasteiger partial charge in [-0.2, -0.15) is 0 Å². The van der Waals surface area contributed by atoms with Gasteiger partial charge in [0.2, 0.25) is 11.8 Å². The number of ether oxygens (including phenoxy) is 4. The standard InChI is InChI=1S/C25H33N3O10/c1-26-38-15-14-36-13-12-35-11-10-34-9-3-4-17(29)16-37-20-6-2-5-18-22(20)25(33)28(24(18)32)19-7-8-21(30)27-23(19)31/h2,5-6,19,26H,3-4,7-16H2,1H3,(H,27,30,31). The lowest BCUT2D eigenvalue weighted by molar-refractivity contribution is -0.136. The normalized spacial score (nSPS) is 17.1. The van der Waals surface area contributed by atoms with Crippen LogP contribution in [0.2, 0.25) is 0 Å². The van der Waals surface area contributed by atoms with Gasteiger partial charge < -0.3 is 18.9 Å². The molecule has 1 fully saturated rings. The van der Waals surface area contributed by atoms with Crippen LogP contribution in [0, 0.1) is 0 Å². The van der Waals surface area contributed by atoms with E-state index in [9.17, 15) is 24.0 Å². The summed E-state index contributed by atoms with van der Waals surface area (Å²) in [5.41, 5.74) is 2.65. The zero-order valence-corrected chi connectivity index (χ0v) is 21.3. The van der Waals surface area contributed by atoms with Gasteiger partial charge >= 0.3 is 0 Å². The molecule has 2 aliphatic rings. The van der Waals surface area contributed by atoms with Gasteiger partial charge in [0, 0.05) is 26.5 Å². The Kier molecular flexibility index (Phi) is 11.8. The van der Waals surface area contributed by atoms with Crippen molar-refractivity contribution in [2.24, 2.45) is 0 Å². The highest BCUT2D eigenvalue weighted by Crippen LogP contribution is 2.33. The molecule has 1 unspecified atom stereocenters. The summed E-state index contributed by atoms with van der Waals surface area (Å²) in [5.74, 6) is -2.56. The fourth-order valence-corrected chi connectivity index (χ4v) is 3.95. The van der Waals surface area contributed by atoms with Crippen LogP contribution in [0.3, 0.4) is 0 Å². The molecule has 38 heavy (non-hydrogen) atoms. The number of imide groups is 2. The number of carbonyl (C=O) groups is 5. The first kappa shape index (κ1) is 29.3. The third-order valence-corrected chi connectivity index (χ3v) is 5.78. The zero-order valence-electron chi connectivity index (χ0n) is 21.3. The van der Waals surface area contributed by atoms with Gasteiger partial charge in [0.05, 0.1) is 50.8 Å². The van der Waals surface area contributed by atoms with Crippen LogP contribution < -0.4 is 15.5 Å². The first-order chi connectivity index (χ1) is 18.4. The molecule has 1 aromatic rings. The predicted octanol–water partition coefficient (Wildman–Crippen LogP) is 0.0167. The third kappa shape index (κ3) is 8.13. The minimum absolute atomic E-state index is 0.00929. The fraction of sp³-hybridized carbons (Fsp3) is 0.560. The van der Waals surface area contributed by atoms with Crippen molar-refractivity contribution < 1.29 is 47.8 Å². The number of rotatable bonds is 18. The van der Waals surface area contributed by atoms with Gasteiger partial charge in [-0.25, -0.2) is 5.48 Å². The summed E-state index contributed by atoms with van der Waals surface area (Å²) in [6.07, 6.45) is 0.791. The second-order valence-corrected chi connectivity index (χ2v) is 8.45. The summed E-state index contributed by atoms with van der Waals surface area (Å²) in [7, 11) is 1.68. The first-order valence-electron chi connectivity index (χ1n) is 12.4. The maximum absolute atomic E-state index is 13.0. The van der Waals surface area contributed by atoms with Gasteiger partial charge in [-0.3, -0.25) is 39.0 Å². The molecular formula is C25H33N3O10. The molecule has 1 atom stereocenters. The van der Waals surface area contributed by atoms with E-state index < -0.39 is 29.7 Å². The van der Waals surface area contributed by atoms with Crippen LogP contribution >= 0.6 is 0 Å². The van der Waals surface area contributed by atoms with Gasteiger partial charge in [0.15, 0.2) is 5.78 Å². The molecule has 0 bridgehead atoms. The van der Waals surface area contributed by atoms with E-state index in [0.717, 1.165) is 4.90 Å². The lowest BCUT2D eigenvalue weighted by Gasteiger charge is -2.27. The Morgan fingerprint density at radius 1 is 0.974 bits per heavy atom. The van der Waals surface area contributed by atoms with Gasteiger partial charge in [0.1, 0.15) is 18.4 Å². The van der Waals surface area contributed by atoms with Crippen molar-refractivity contribution in [2.75, 3.05) is 59.9 Å². The minimum Gasteiger partial charge on any atom is -0.485 e. The molecule has 3 rings (SSSR count). The van der Waals surface area contributed by atoms with Crippen molar-refractivity contribution in [3.63, 3.8) is 0 Å². The number of amides is 4. The average molecular weight is 536 g/mol. The van der Waals surface area contributed by atoms with Crippen molar-refractivity contribution in [3.05, 3.63) is 29.3 Å². The smallest absolute Gasteiger partial charge is 0.266 e. The molecule has 1 aromatic carbocycles. The molecule has 0 saturated carbocycles. The van der Waals surface area contributed by atoms with Gasteiger partial charge in [-0.05, 0) is 25.0 Å². The summed E-state index contributed by atoms with van der Waals surface area (Å²) < 4.78 is 21.7. The third-order valence-electron chi connectivity index (χ3n) is 5.78. The molecule has 13 heteroatoms. The van der Waals surface area contributed by atoms with E-state index in [-0.39, 0.29) is 48.5 Å². The number of Topliss-reactive ketones (excluding diaryl/α,β-unsaturated/α-hetero) is 1. The average Bonchev–Trinajstić information content (AvgIpc) is 3.15. The number of hydrogen-bond acceptors (Lipinski definition) is 11. The molecule has 2 heterocycles. The van der Waals surface area contributed by atoms with Crippen molar-refractivity contribution in [3.8, 4) is 5.75 Å². The number of hydroxylamine groups is 1. The number of carbonyl (C=O) groups excluding carboxylic acids is 5. The Morgan fingerprint density at radius 3 is 2.34 bits per heavy atom. The van der Waals surface area contributed by atoms with E-state index in [4.69, 9.17) is 23.8 Å². The SMILES string of the molecule is CNOCCOCCOCCOCCCC(=O)COc1cccc2c1C(=O)N(C1CCC(=O)NC1=O)C2=O. The predicted molar refractivity (Wildman–Crippen MR) is 130 cm³/mol. The zero-order chi connectivity index (χ0) is 27.3. The quantitative estimate of drug-likeness (QED) is 0.148. The van der Waals surface area contributed by atoms with Crippen LogP contribution in [0.1, 0.15) is 46.4 Å². The Hall–Kier alpha value is -3.23. The lowest BCUT2D eigenvalue weighted by atomic mass is 10.0. The van der Waals surface area contributed by atoms with E-state index in [1.165, 1.54) is 18.2 Å². The summed E-state index contributed by atoms with van der Waals surface area (Å²) in [6.45, 7) is 2.74. The number of hydrogen-bond donors (Lipinski definition) is 2. The van der Waals surface area contributed by atoms with Crippen LogP contribution in [0.4, 0.5) is 0 Å². The van der Waals surface area contributed by atoms with Crippen LogP contribution in [-0.2, 0) is 33.4 Å². The number of fused-ring (bicyclic) bond motifs is 1. The Bertz CT molecular complexity index is 1020. The van der Waals surface area contributed by atoms with Crippen molar-refractivity contribution in [1.82, 2.24) is 15.7 Å². The second-order valence-electron chi connectivity index (χ2n) is 8.45. The Balaban J connectivity index is 1.34. The monoisotopic (exact) mass is 535 g/mol. The number of nitrogens with one attached hydrogen (secondary N) is 2. The number of nitrogens with zero attached hydrogens (tertiary/aromatic N) is 1. The molecule has 208 valence electrons. The summed E-state index contributed by atoms with van der Waals surface area (Å²) in [6, 6.07) is 3.43. The van der Waals surface area contributed by atoms with Crippen LogP contribution in [0.5, 0.6) is 5.75 Å². The molecule has 2 aliphatic heterocycles. The largest absolute Gasteiger partial charge is 0.485 e. The molecule has 0 aromatic heterocycles. The van der Waals surface area contributed by atoms with E-state index in [0.29, 0.717) is 52.7 Å². The summed E-state index contributed by atoms with van der Waals surface area (Å²) >= 11 is 0. The van der Waals surface area contributed by atoms with Crippen LogP contribution in [0.25, 0.3) is 0 Å². The second kappa shape index (κ2) is 15.2.